The Bertz CT molecular complexity index is 1360. The zero-order valence-electron chi connectivity index (χ0n) is 18.6. The van der Waals surface area contributed by atoms with Crippen LogP contribution in [0.25, 0.3) is 22.6 Å². The van der Waals surface area contributed by atoms with Crippen LogP contribution in [0, 0.1) is 0 Å². The molecule has 0 aliphatic heterocycles. The fourth-order valence-electron chi connectivity index (χ4n) is 4.00. The predicted molar refractivity (Wildman–Crippen MR) is 126 cm³/mol. The Morgan fingerprint density at radius 3 is 2.41 bits per heavy atom. The van der Waals surface area contributed by atoms with E-state index < -0.39 is 0 Å². The highest BCUT2D eigenvalue weighted by atomic mass is 16.2. The number of nitrogens with zero attached hydrogens (tertiary/aromatic N) is 6. The number of imidazole rings is 1. The number of rotatable bonds is 9. The number of allylic oxidation sites excluding steroid dienone is 1. The molecule has 0 aliphatic rings. The maximum absolute atomic E-state index is 13.3. The van der Waals surface area contributed by atoms with Crippen LogP contribution in [0.4, 0.5) is 0 Å². The van der Waals surface area contributed by atoms with Gasteiger partial charge in [0.1, 0.15) is 5.82 Å². The highest BCUT2D eigenvalue weighted by Gasteiger charge is 2.22. The third-order valence-electron chi connectivity index (χ3n) is 5.40. The molecule has 0 aliphatic carbocycles. The second-order valence-electron chi connectivity index (χ2n) is 7.81. The zero-order valence-corrected chi connectivity index (χ0v) is 18.6. The molecule has 8 nitrogen and oxygen atoms in total. The molecule has 0 saturated carbocycles. The van der Waals surface area contributed by atoms with Crippen LogP contribution in [0.2, 0.25) is 0 Å². The molecule has 1 aromatic carbocycles. The van der Waals surface area contributed by atoms with Crippen LogP contribution < -0.4 is 11.2 Å². The lowest BCUT2D eigenvalue weighted by Crippen LogP contribution is -2.40. The average molecular weight is 433 g/mol. The van der Waals surface area contributed by atoms with Crippen molar-refractivity contribution in [2.24, 2.45) is 0 Å². The normalized spacial score (nSPS) is 11.3. The third-order valence-corrected chi connectivity index (χ3v) is 5.40. The second kappa shape index (κ2) is 9.21. The molecule has 0 radical (unpaired) electrons. The van der Waals surface area contributed by atoms with Gasteiger partial charge in [-0.15, -0.1) is 6.58 Å². The van der Waals surface area contributed by atoms with Crippen molar-refractivity contribution < 1.29 is 0 Å². The third kappa shape index (κ3) is 3.84. The van der Waals surface area contributed by atoms with Gasteiger partial charge in [0, 0.05) is 25.8 Å². The van der Waals surface area contributed by atoms with Crippen molar-refractivity contribution in [2.45, 2.75) is 52.9 Å². The fraction of sp³-hybridized carbons (Fsp3) is 0.333. The minimum atomic E-state index is -0.309. The smallest absolute Gasteiger partial charge is 0.314 e. The van der Waals surface area contributed by atoms with E-state index >= 15 is 0 Å². The van der Waals surface area contributed by atoms with E-state index in [-0.39, 0.29) is 11.2 Å². The van der Waals surface area contributed by atoms with Crippen molar-refractivity contribution >= 4 is 11.2 Å². The fourth-order valence-corrected chi connectivity index (χ4v) is 4.00. The van der Waals surface area contributed by atoms with Crippen LogP contribution >= 0.6 is 0 Å². The topological polar surface area (TPSA) is 79.6 Å². The Balaban J connectivity index is 1.90. The first kappa shape index (κ1) is 21.5. The molecular weight excluding hydrogens is 404 g/mol. The molecule has 8 heteroatoms. The molecule has 0 fully saturated rings. The van der Waals surface area contributed by atoms with Gasteiger partial charge in [-0.25, -0.2) is 9.78 Å². The van der Waals surface area contributed by atoms with E-state index in [0.29, 0.717) is 49.6 Å². The van der Waals surface area contributed by atoms with Crippen LogP contribution in [0.1, 0.15) is 32.3 Å². The molecule has 3 aromatic heterocycles. The molecule has 166 valence electrons. The van der Waals surface area contributed by atoms with Gasteiger partial charge < -0.3 is 4.57 Å². The Kier molecular flexibility index (Phi) is 6.20. The predicted octanol–water partition coefficient (Wildman–Crippen LogP) is 3.28. The van der Waals surface area contributed by atoms with Gasteiger partial charge in [-0.1, -0.05) is 50.3 Å². The lowest BCUT2D eigenvalue weighted by Gasteiger charge is -2.11. The molecule has 32 heavy (non-hydrogen) atoms. The first-order chi connectivity index (χ1) is 15.6. The average Bonchev–Trinajstić information content (AvgIpc) is 3.40. The zero-order chi connectivity index (χ0) is 22.7. The molecule has 4 aromatic rings. The molecule has 0 atom stereocenters. The van der Waals surface area contributed by atoms with Gasteiger partial charge in [0.15, 0.2) is 11.2 Å². The van der Waals surface area contributed by atoms with E-state index in [2.05, 4.69) is 11.7 Å². The summed E-state index contributed by atoms with van der Waals surface area (Å²) < 4.78 is 6.62. The minimum absolute atomic E-state index is 0.305. The van der Waals surface area contributed by atoms with Gasteiger partial charge >= 0.3 is 5.69 Å². The molecule has 0 amide bonds. The van der Waals surface area contributed by atoms with Crippen molar-refractivity contribution in [3.63, 3.8) is 0 Å². The monoisotopic (exact) mass is 432 g/mol. The van der Waals surface area contributed by atoms with Crippen LogP contribution in [0.5, 0.6) is 0 Å². The standard InChI is InChI=1S/C24H28N6O2/c1-4-12-28-20-22(29(13-5-2)24(32)30(14-6-3)23(20)31)26-21(28)19-15-25-27(17-19)16-18-10-8-7-9-11-18/h4,7-11,15,17H,1,5-6,12-14,16H2,2-3H3. The quantitative estimate of drug-likeness (QED) is 0.380. The van der Waals surface area contributed by atoms with Crippen LogP contribution in [-0.4, -0.2) is 28.5 Å². The molecule has 0 saturated heterocycles. The van der Waals surface area contributed by atoms with Gasteiger partial charge in [0.25, 0.3) is 5.56 Å². The number of aromatic nitrogens is 6. The summed E-state index contributed by atoms with van der Waals surface area (Å²) in [5.74, 6) is 0.606. The van der Waals surface area contributed by atoms with Crippen LogP contribution in [-0.2, 0) is 26.2 Å². The van der Waals surface area contributed by atoms with Gasteiger partial charge in [-0.05, 0) is 18.4 Å². The summed E-state index contributed by atoms with van der Waals surface area (Å²) in [4.78, 5) is 31.1. The van der Waals surface area contributed by atoms with E-state index in [0.717, 1.165) is 17.5 Å². The lowest BCUT2D eigenvalue weighted by atomic mass is 10.2. The summed E-state index contributed by atoms with van der Waals surface area (Å²) in [6.07, 6.45) is 6.86. The van der Waals surface area contributed by atoms with Gasteiger partial charge in [-0.2, -0.15) is 5.10 Å². The van der Waals surface area contributed by atoms with E-state index in [4.69, 9.17) is 4.98 Å². The number of hydrogen-bond acceptors (Lipinski definition) is 4. The van der Waals surface area contributed by atoms with E-state index in [9.17, 15) is 9.59 Å². The van der Waals surface area contributed by atoms with E-state index in [1.54, 1.807) is 16.8 Å². The Hall–Kier alpha value is -3.68. The molecular formula is C24H28N6O2. The first-order valence-corrected chi connectivity index (χ1v) is 11.0. The highest BCUT2D eigenvalue weighted by molar-refractivity contribution is 5.77. The van der Waals surface area contributed by atoms with Crippen molar-refractivity contribution in [1.82, 2.24) is 28.5 Å². The summed E-state index contributed by atoms with van der Waals surface area (Å²) in [7, 11) is 0. The second-order valence-corrected chi connectivity index (χ2v) is 7.81. The molecule has 0 unspecified atom stereocenters. The number of benzene rings is 1. The Morgan fingerprint density at radius 1 is 1.00 bits per heavy atom. The highest BCUT2D eigenvalue weighted by Crippen LogP contribution is 2.23. The molecule has 0 bridgehead atoms. The lowest BCUT2D eigenvalue weighted by molar-refractivity contribution is 0.554. The summed E-state index contributed by atoms with van der Waals surface area (Å²) in [5, 5.41) is 4.49. The van der Waals surface area contributed by atoms with Gasteiger partial charge in [0.05, 0.1) is 18.3 Å². The Morgan fingerprint density at radius 2 is 1.72 bits per heavy atom. The van der Waals surface area contributed by atoms with Crippen molar-refractivity contribution in [1.29, 1.82) is 0 Å². The number of aryl methyl sites for hydroxylation is 1. The molecule has 3 heterocycles. The summed E-state index contributed by atoms with van der Waals surface area (Å²) in [5.41, 5.74) is 2.16. The maximum atomic E-state index is 13.3. The van der Waals surface area contributed by atoms with Gasteiger partial charge in [-0.3, -0.25) is 18.6 Å². The molecule has 0 spiro atoms. The summed E-state index contributed by atoms with van der Waals surface area (Å²) in [6.45, 7) is 9.72. The largest absolute Gasteiger partial charge is 0.332 e. The van der Waals surface area contributed by atoms with Crippen LogP contribution in [0.15, 0.2) is 65.0 Å². The Labute approximate surface area is 186 Å². The van der Waals surface area contributed by atoms with Crippen molar-refractivity contribution in [3.05, 3.63) is 81.8 Å². The van der Waals surface area contributed by atoms with E-state index in [1.807, 2.05) is 59.6 Å². The minimum Gasteiger partial charge on any atom is -0.314 e. The molecule has 4 rings (SSSR count). The first-order valence-electron chi connectivity index (χ1n) is 11.0. The number of fused-ring (bicyclic) bond motifs is 1. The van der Waals surface area contributed by atoms with Crippen molar-refractivity contribution in [3.8, 4) is 11.4 Å². The van der Waals surface area contributed by atoms with Crippen molar-refractivity contribution in [2.75, 3.05) is 0 Å². The van der Waals surface area contributed by atoms with Crippen LogP contribution in [0.3, 0.4) is 0 Å². The SMILES string of the molecule is C=CCn1c(-c2cnn(Cc3ccccc3)c2)nc2c1c(=O)n(CCC)c(=O)n2CCC. The summed E-state index contributed by atoms with van der Waals surface area (Å²) in [6, 6.07) is 10.1. The summed E-state index contributed by atoms with van der Waals surface area (Å²) >= 11 is 0. The molecule has 0 N–H and O–H groups in total. The number of hydrogen-bond donors (Lipinski definition) is 0. The maximum Gasteiger partial charge on any atom is 0.332 e. The van der Waals surface area contributed by atoms with Gasteiger partial charge in [0.2, 0.25) is 0 Å². The van der Waals surface area contributed by atoms with E-state index in [1.165, 1.54) is 4.57 Å².